The predicted molar refractivity (Wildman–Crippen MR) is 95.4 cm³/mol. The SMILES string of the molecule is COCCNC(=NCC(=O)N(C)C)N(C)CCOc1ccccc1. The Morgan fingerprint density at radius 1 is 1.17 bits per heavy atom. The Kier molecular flexibility index (Phi) is 9.29. The summed E-state index contributed by atoms with van der Waals surface area (Å²) in [4.78, 5) is 19.5. The average molecular weight is 336 g/mol. The Bertz CT molecular complexity index is 506. The zero-order valence-corrected chi connectivity index (χ0v) is 15.0. The van der Waals surface area contributed by atoms with Crippen LogP contribution in [0.25, 0.3) is 0 Å². The van der Waals surface area contributed by atoms with Gasteiger partial charge in [0.15, 0.2) is 5.96 Å². The molecule has 24 heavy (non-hydrogen) atoms. The summed E-state index contributed by atoms with van der Waals surface area (Å²) in [6, 6.07) is 9.66. The third-order valence-corrected chi connectivity index (χ3v) is 3.25. The topological polar surface area (TPSA) is 66.4 Å². The van der Waals surface area contributed by atoms with Crippen LogP contribution >= 0.6 is 0 Å². The number of amides is 1. The first kappa shape index (κ1) is 19.8. The Morgan fingerprint density at radius 2 is 1.88 bits per heavy atom. The number of likely N-dealkylation sites (N-methyl/N-ethyl adjacent to an activating group) is 2. The van der Waals surface area contributed by atoms with Crippen molar-refractivity contribution in [2.24, 2.45) is 4.99 Å². The van der Waals surface area contributed by atoms with E-state index in [-0.39, 0.29) is 12.5 Å². The van der Waals surface area contributed by atoms with E-state index in [0.29, 0.717) is 32.3 Å². The van der Waals surface area contributed by atoms with Crippen LogP contribution in [0.1, 0.15) is 0 Å². The molecule has 1 N–H and O–H groups in total. The second-order valence-electron chi connectivity index (χ2n) is 5.43. The third-order valence-electron chi connectivity index (χ3n) is 3.25. The molecule has 7 heteroatoms. The summed E-state index contributed by atoms with van der Waals surface area (Å²) >= 11 is 0. The lowest BCUT2D eigenvalue weighted by atomic mass is 10.3. The summed E-state index contributed by atoms with van der Waals surface area (Å²) in [5.41, 5.74) is 0. The van der Waals surface area contributed by atoms with Crippen molar-refractivity contribution < 1.29 is 14.3 Å². The van der Waals surface area contributed by atoms with Gasteiger partial charge in [-0.3, -0.25) is 4.79 Å². The van der Waals surface area contributed by atoms with Gasteiger partial charge in [-0.25, -0.2) is 4.99 Å². The Labute approximate surface area is 144 Å². The van der Waals surface area contributed by atoms with Gasteiger partial charge in [-0.05, 0) is 12.1 Å². The van der Waals surface area contributed by atoms with Crippen LogP contribution in [0.4, 0.5) is 0 Å². The number of aliphatic imine (C=N–C) groups is 1. The minimum Gasteiger partial charge on any atom is -0.492 e. The van der Waals surface area contributed by atoms with Gasteiger partial charge < -0.3 is 24.6 Å². The van der Waals surface area contributed by atoms with Crippen LogP contribution in [-0.2, 0) is 9.53 Å². The van der Waals surface area contributed by atoms with E-state index in [1.165, 1.54) is 4.90 Å². The molecule has 0 radical (unpaired) electrons. The molecule has 0 fully saturated rings. The Balaban J connectivity index is 2.53. The van der Waals surface area contributed by atoms with E-state index in [0.717, 1.165) is 5.75 Å². The molecule has 0 spiro atoms. The average Bonchev–Trinajstić information content (AvgIpc) is 2.58. The number of guanidine groups is 1. The van der Waals surface area contributed by atoms with Gasteiger partial charge in [0.2, 0.25) is 5.91 Å². The second-order valence-corrected chi connectivity index (χ2v) is 5.43. The van der Waals surface area contributed by atoms with E-state index in [1.54, 1.807) is 21.2 Å². The molecule has 0 aromatic heterocycles. The highest BCUT2D eigenvalue weighted by Crippen LogP contribution is 2.07. The van der Waals surface area contributed by atoms with E-state index in [4.69, 9.17) is 9.47 Å². The standard InChI is InChI=1S/C17H28N4O3/c1-20(2)16(22)14-19-17(18-10-12-23-4)21(3)11-13-24-15-8-6-5-7-9-15/h5-9H,10-14H2,1-4H3,(H,18,19). The first-order chi connectivity index (χ1) is 11.5. The molecular weight excluding hydrogens is 308 g/mol. The first-order valence-corrected chi connectivity index (χ1v) is 7.91. The lowest BCUT2D eigenvalue weighted by Gasteiger charge is -2.22. The molecule has 7 nitrogen and oxygen atoms in total. The molecule has 1 amide bonds. The van der Waals surface area contributed by atoms with E-state index in [2.05, 4.69) is 10.3 Å². The van der Waals surface area contributed by atoms with Crippen molar-refractivity contribution in [1.29, 1.82) is 0 Å². The summed E-state index contributed by atoms with van der Waals surface area (Å²) in [5.74, 6) is 1.44. The van der Waals surface area contributed by atoms with Crippen molar-refractivity contribution in [3.63, 3.8) is 0 Å². The zero-order valence-electron chi connectivity index (χ0n) is 15.0. The predicted octanol–water partition coefficient (Wildman–Crippen LogP) is 0.677. The van der Waals surface area contributed by atoms with Gasteiger partial charge in [0.25, 0.3) is 0 Å². The molecule has 1 aromatic rings. The molecule has 0 aliphatic heterocycles. The van der Waals surface area contributed by atoms with Crippen LogP contribution in [0.5, 0.6) is 5.75 Å². The number of nitrogens with zero attached hydrogens (tertiary/aromatic N) is 3. The third kappa shape index (κ3) is 7.82. The number of para-hydroxylation sites is 1. The molecule has 0 aliphatic rings. The van der Waals surface area contributed by atoms with Gasteiger partial charge in [0.05, 0.1) is 13.2 Å². The molecular formula is C17H28N4O3. The molecule has 1 aromatic carbocycles. The monoisotopic (exact) mass is 336 g/mol. The van der Waals surface area contributed by atoms with E-state index < -0.39 is 0 Å². The minimum absolute atomic E-state index is 0.0463. The van der Waals surface area contributed by atoms with Crippen molar-refractivity contribution in [2.75, 3.05) is 61.1 Å². The van der Waals surface area contributed by atoms with Crippen LogP contribution in [0.3, 0.4) is 0 Å². The number of nitrogens with one attached hydrogen (secondary N) is 1. The number of benzene rings is 1. The minimum atomic E-state index is -0.0463. The molecule has 0 unspecified atom stereocenters. The highest BCUT2D eigenvalue weighted by atomic mass is 16.5. The lowest BCUT2D eigenvalue weighted by molar-refractivity contribution is -0.127. The number of hydrogen-bond acceptors (Lipinski definition) is 4. The number of methoxy groups -OCH3 is 1. The molecule has 0 saturated carbocycles. The molecule has 0 aliphatic carbocycles. The van der Waals surface area contributed by atoms with Crippen molar-refractivity contribution in [1.82, 2.24) is 15.1 Å². The second kappa shape index (κ2) is 11.3. The van der Waals surface area contributed by atoms with Crippen LogP contribution in [-0.4, -0.2) is 82.8 Å². The summed E-state index contributed by atoms with van der Waals surface area (Å²) < 4.78 is 10.7. The fraction of sp³-hybridized carbons (Fsp3) is 0.529. The number of carbonyl (C=O) groups excluding carboxylic acids is 1. The molecule has 0 bridgehead atoms. The maximum absolute atomic E-state index is 11.7. The number of carbonyl (C=O) groups is 1. The van der Waals surface area contributed by atoms with Gasteiger partial charge >= 0.3 is 0 Å². The van der Waals surface area contributed by atoms with Crippen molar-refractivity contribution in [3.05, 3.63) is 30.3 Å². The molecule has 0 saturated heterocycles. The van der Waals surface area contributed by atoms with Crippen molar-refractivity contribution in [2.45, 2.75) is 0 Å². The van der Waals surface area contributed by atoms with E-state index in [9.17, 15) is 4.79 Å². The van der Waals surface area contributed by atoms with Gasteiger partial charge in [-0.15, -0.1) is 0 Å². The summed E-state index contributed by atoms with van der Waals surface area (Å²) in [5, 5.41) is 3.19. The van der Waals surface area contributed by atoms with E-state index >= 15 is 0 Å². The molecule has 0 heterocycles. The normalized spacial score (nSPS) is 11.1. The number of rotatable bonds is 9. The van der Waals surface area contributed by atoms with Gasteiger partial charge in [-0.1, -0.05) is 18.2 Å². The smallest absolute Gasteiger partial charge is 0.243 e. The van der Waals surface area contributed by atoms with Crippen LogP contribution in [0.15, 0.2) is 35.3 Å². The molecule has 1 rings (SSSR count). The van der Waals surface area contributed by atoms with Crippen molar-refractivity contribution in [3.8, 4) is 5.75 Å². The highest BCUT2D eigenvalue weighted by Gasteiger charge is 2.09. The van der Waals surface area contributed by atoms with E-state index in [1.807, 2.05) is 42.3 Å². The van der Waals surface area contributed by atoms with Gasteiger partial charge in [0, 0.05) is 34.8 Å². The maximum Gasteiger partial charge on any atom is 0.243 e. The summed E-state index contributed by atoms with van der Waals surface area (Å²) in [7, 11) is 6.99. The largest absolute Gasteiger partial charge is 0.492 e. The van der Waals surface area contributed by atoms with Crippen LogP contribution in [0.2, 0.25) is 0 Å². The quantitative estimate of drug-likeness (QED) is 0.408. The lowest BCUT2D eigenvalue weighted by Crippen LogP contribution is -2.42. The fourth-order valence-electron chi connectivity index (χ4n) is 1.78. The van der Waals surface area contributed by atoms with Crippen molar-refractivity contribution >= 4 is 11.9 Å². The molecule has 0 atom stereocenters. The molecule has 134 valence electrons. The Morgan fingerprint density at radius 3 is 2.50 bits per heavy atom. The Hall–Kier alpha value is -2.28. The number of hydrogen-bond donors (Lipinski definition) is 1. The van der Waals surface area contributed by atoms with Gasteiger partial charge in [0.1, 0.15) is 18.9 Å². The zero-order chi connectivity index (χ0) is 17.8. The van der Waals surface area contributed by atoms with Crippen LogP contribution < -0.4 is 10.1 Å². The highest BCUT2D eigenvalue weighted by molar-refractivity contribution is 5.84. The fourth-order valence-corrected chi connectivity index (χ4v) is 1.78. The summed E-state index contributed by atoms with van der Waals surface area (Å²) in [6.45, 7) is 2.45. The first-order valence-electron chi connectivity index (χ1n) is 7.91. The summed E-state index contributed by atoms with van der Waals surface area (Å²) in [6.07, 6.45) is 0. The number of ether oxygens (including phenoxy) is 2. The van der Waals surface area contributed by atoms with Crippen LogP contribution in [0, 0.1) is 0 Å². The maximum atomic E-state index is 11.7. The van der Waals surface area contributed by atoms with Gasteiger partial charge in [-0.2, -0.15) is 0 Å².